The van der Waals surface area contributed by atoms with E-state index in [9.17, 15) is 29.4 Å². The van der Waals surface area contributed by atoms with Crippen molar-refractivity contribution in [3.05, 3.63) is 0 Å². The Kier molecular flexibility index (Phi) is 18.4. The molecule has 0 aliphatic heterocycles. The van der Waals surface area contributed by atoms with Crippen molar-refractivity contribution in [1.82, 2.24) is 0 Å². The summed E-state index contributed by atoms with van der Waals surface area (Å²) in [6.07, 6.45) is 1.21. The van der Waals surface area contributed by atoms with Crippen LogP contribution in [0.1, 0.15) is 52.4 Å². The van der Waals surface area contributed by atoms with Crippen molar-refractivity contribution < 1.29 is 29.4 Å². The molecule has 7 heteroatoms. The minimum atomic E-state index is -1.28. The first kappa shape index (κ1) is 23.2. The molecule has 0 atom stereocenters. The van der Waals surface area contributed by atoms with Crippen molar-refractivity contribution in [2.45, 2.75) is 52.4 Å². The summed E-state index contributed by atoms with van der Waals surface area (Å²) < 4.78 is 0. The molecule has 0 radical (unpaired) electrons. The molecule has 0 aromatic rings. The number of ketones is 2. The Balaban J connectivity index is -0.000000256. The molecular formula is C12H18MgO6. The standard InChI is InChI=1S/2C6H10O3.Mg/c2*1-2-3-5(7)4-6(8)9;/h2*2-4H2,1H3,(H,8,9);/q;;+2/p-2. The number of carboxylic acid groups (broad SMARTS) is 2. The molecule has 0 bridgehead atoms. The number of aliphatic carboxylic acids is 2. The Bertz CT molecular complexity index is 271. The predicted octanol–water partition coefficient (Wildman–Crippen LogP) is -1.39. The summed E-state index contributed by atoms with van der Waals surface area (Å²) in [5.74, 6) is -3.07. The number of carbonyl (C=O) groups excluding carboxylic acids is 4. The van der Waals surface area contributed by atoms with E-state index < -0.39 is 24.8 Å². The van der Waals surface area contributed by atoms with E-state index in [1.165, 1.54) is 0 Å². The van der Waals surface area contributed by atoms with Crippen molar-refractivity contribution in [2.24, 2.45) is 0 Å². The number of carboxylic acids is 2. The van der Waals surface area contributed by atoms with E-state index in [4.69, 9.17) is 0 Å². The number of hydrogen-bond donors (Lipinski definition) is 0. The van der Waals surface area contributed by atoms with Gasteiger partial charge < -0.3 is 19.8 Å². The van der Waals surface area contributed by atoms with Crippen LogP contribution in [0.15, 0.2) is 0 Å². The van der Waals surface area contributed by atoms with Crippen LogP contribution in [0.25, 0.3) is 0 Å². The molecule has 0 unspecified atom stereocenters. The Morgan fingerprint density at radius 2 is 1.00 bits per heavy atom. The van der Waals surface area contributed by atoms with Gasteiger partial charge in [0.2, 0.25) is 0 Å². The smallest absolute Gasteiger partial charge is 0.550 e. The van der Waals surface area contributed by atoms with Gasteiger partial charge in [0.05, 0.1) is 0 Å². The van der Waals surface area contributed by atoms with E-state index in [-0.39, 0.29) is 34.6 Å². The second kappa shape index (κ2) is 15.1. The minimum absolute atomic E-state index is 0. The first-order valence-corrected chi connectivity index (χ1v) is 5.76. The van der Waals surface area contributed by atoms with Gasteiger partial charge in [-0.25, -0.2) is 0 Å². The van der Waals surface area contributed by atoms with E-state index in [0.717, 1.165) is 0 Å². The molecule has 6 nitrogen and oxygen atoms in total. The van der Waals surface area contributed by atoms with E-state index in [0.29, 0.717) is 25.7 Å². The van der Waals surface area contributed by atoms with Crippen LogP contribution in [0.3, 0.4) is 0 Å². The molecule has 0 aromatic carbocycles. The first-order chi connectivity index (χ1) is 8.33. The minimum Gasteiger partial charge on any atom is -0.550 e. The van der Waals surface area contributed by atoms with Crippen LogP contribution >= 0.6 is 0 Å². The van der Waals surface area contributed by atoms with Crippen molar-refractivity contribution in [3.8, 4) is 0 Å². The van der Waals surface area contributed by atoms with Crippen LogP contribution in [-0.2, 0) is 19.2 Å². The molecule has 0 spiro atoms. The Morgan fingerprint density at radius 3 is 1.16 bits per heavy atom. The molecule has 104 valence electrons. The summed E-state index contributed by atoms with van der Waals surface area (Å²) in [6.45, 7) is 3.65. The SMILES string of the molecule is CCCC(=O)CC(=O)[O-].CCCC(=O)CC(=O)[O-].[Mg+2]. The molecule has 0 N–H and O–H groups in total. The van der Waals surface area contributed by atoms with Gasteiger partial charge in [0, 0.05) is 37.6 Å². The van der Waals surface area contributed by atoms with Crippen LogP contribution < -0.4 is 10.2 Å². The van der Waals surface area contributed by atoms with E-state index in [2.05, 4.69) is 0 Å². The quantitative estimate of drug-likeness (QED) is 0.400. The van der Waals surface area contributed by atoms with Gasteiger partial charge in [0.15, 0.2) is 0 Å². The number of rotatable bonds is 8. The molecular weight excluding hydrogens is 264 g/mol. The molecule has 0 fully saturated rings. The molecule has 0 rings (SSSR count). The zero-order valence-electron chi connectivity index (χ0n) is 11.4. The molecule has 0 heterocycles. The monoisotopic (exact) mass is 282 g/mol. The fourth-order valence-electron chi connectivity index (χ4n) is 1.06. The van der Waals surface area contributed by atoms with E-state index >= 15 is 0 Å². The number of Topliss-reactive ketones (excluding diaryl/α,β-unsaturated/α-hetero) is 2. The second-order valence-corrected chi connectivity index (χ2v) is 3.67. The normalized spacial score (nSPS) is 8.53. The third kappa shape index (κ3) is 22.7. The summed E-state index contributed by atoms with van der Waals surface area (Å²) in [6, 6.07) is 0. The third-order valence-electron chi connectivity index (χ3n) is 1.74. The van der Waals surface area contributed by atoms with Gasteiger partial charge >= 0.3 is 23.1 Å². The fraction of sp³-hybridized carbons (Fsp3) is 0.667. The van der Waals surface area contributed by atoms with Crippen molar-refractivity contribution >= 4 is 46.6 Å². The van der Waals surface area contributed by atoms with Gasteiger partial charge in [0.1, 0.15) is 11.6 Å². The first-order valence-electron chi connectivity index (χ1n) is 5.76. The fourth-order valence-corrected chi connectivity index (χ4v) is 1.06. The maximum Gasteiger partial charge on any atom is 2.00 e. The average molecular weight is 283 g/mol. The molecule has 0 aliphatic rings. The van der Waals surface area contributed by atoms with E-state index in [1.807, 2.05) is 13.8 Å². The second-order valence-electron chi connectivity index (χ2n) is 3.67. The maximum atomic E-state index is 10.4. The van der Waals surface area contributed by atoms with Crippen LogP contribution in [-0.4, -0.2) is 46.6 Å². The van der Waals surface area contributed by atoms with Gasteiger partial charge in [-0.05, 0) is 12.8 Å². The average Bonchev–Trinajstić information content (AvgIpc) is 2.16. The molecule has 0 aliphatic carbocycles. The van der Waals surface area contributed by atoms with Gasteiger partial charge in [-0.1, -0.05) is 13.8 Å². The molecule has 0 saturated carbocycles. The summed E-state index contributed by atoms with van der Waals surface area (Å²) >= 11 is 0. The summed E-state index contributed by atoms with van der Waals surface area (Å²) in [4.78, 5) is 40.4. The largest absolute Gasteiger partial charge is 2.00 e. The van der Waals surface area contributed by atoms with Gasteiger partial charge in [-0.15, -0.1) is 0 Å². The summed E-state index contributed by atoms with van der Waals surface area (Å²) in [7, 11) is 0. The molecule has 19 heavy (non-hydrogen) atoms. The van der Waals surface area contributed by atoms with Crippen LogP contribution in [0.5, 0.6) is 0 Å². The van der Waals surface area contributed by atoms with Crippen LogP contribution in [0, 0.1) is 0 Å². The number of carbonyl (C=O) groups is 4. The van der Waals surface area contributed by atoms with Gasteiger partial charge in [-0.3, -0.25) is 9.59 Å². The van der Waals surface area contributed by atoms with Crippen LogP contribution in [0.4, 0.5) is 0 Å². The third-order valence-corrected chi connectivity index (χ3v) is 1.74. The molecule has 0 saturated heterocycles. The predicted molar refractivity (Wildman–Crippen MR) is 64.8 cm³/mol. The van der Waals surface area contributed by atoms with Crippen molar-refractivity contribution in [1.29, 1.82) is 0 Å². The Hall–Kier alpha value is -0.954. The molecule has 0 aromatic heterocycles. The zero-order chi connectivity index (χ0) is 14.6. The molecule has 0 amide bonds. The van der Waals surface area contributed by atoms with Gasteiger partial charge in [0.25, 0.3) is 0 Å². The summed E-state index contributed by atoms with van der Waals surface area (Å²) in [5, 5.41) is 19.5. The van der Waals surface area contributed by atoms with E-state index in [1.54, 1.807) is 0 Å². The van der Waals surface area contributed by atoms with Gasteiger partial charge in [-0.2, -0.15) is 0 Å². The Morgan fingerprint density at radius 1 is 0.737 bits per heavy atom. The maximum absolute atomic E-state index is 10.4. The summed E-state index contributed by atoms with van der Waals surface area (Å²) in [5.41, 5.74) is 0. The topological polar surface area (TPSA) is 114 Å². The van der Waals surface area contributed by atoms with Crippen LogP contribution in [0.2, 0.25) is 0 Å². The zero-order valence-corrected chi connectivity index (χ0v) is 12.8. The number of hydrogen-bond acceptors (Lipinski definition) is 6. The van der Waals surface area contributed by atoms with Crippen molar-refractivity contribution in [2.75, 3.05) is 0 Å². The van der Waals surface area contributed by atoms with Crippen molar-refractivity contribution in [3.63, 3.8) is 0 Å². The Labute approximate surface area is 128 Å².